The number of hydrogen-bond acceptors (Lipinski definition) is 4. The summed E-state index contributed by atoms with van der Waals surface area (Å²) in [5.41, 5.74) is 7.01. The topological polar surface area (TPSA) is 74.5 Å². The maximum absolute atomic E-state index is 7.01. The van der Waals surface area contributed by atoms with E-state index in [1.165, 1.54) is 6.33 Å². The zero-order chi connectivity index (χ0) is 7.40. The molecule has 0 aromatic carbocycles. The van der Waals surface area contributed by atoms with Crippen LogP contribution in [-0.2, 0) is 0 Å². The van der Waals surface area contributed by atoms with Gasteiger partial charge < -0.3 is 5.32 Å². The van der Waals surface area contributed by atoms with Gasteiger partial charge in [-0.1, -0.05) is 0 Å². The predicted octanol–water partition coefficient (Wildman–Crippen LogP) is 0.218. The monoisotopic (exact) mass is 138 g/mol. The van der Waals surface area contributed by atoms with Crippen LogP contribution in [0.25, 0.3) is 0 Å². The van der Waals surface area contributed by atoms with Crippen LogP contribution >= 0.6 is 0 Å². The fourth-order valence-corrected chi connectivity index (χ4v) is 0.540. The van der Waals surface area contributed by atoms with Crippen LogP contribution in [0, 0.1) is 0 Å². The third-order valence-electron chi connectivity index (χ3n) is 0.907. The molecule has 0 fully saturated rings. The smallest absolute Gasteiger partial charge is 0.246 e. The Labute approximate surface area is 58.7 Å². The van der Waals surface area contributed by atoms with E-state index >= 15 is 0 Å². The highest BCUT2D eigenvalue weighted by Crippen LogP contribution is 1.96. The first-order valence-corrected chi connectivity index (χ1v) is 2.97. The maximum Gasteiger partial charge on any atom is 0.246 e. The molecule has 1 heterocycles. The Bertz CT molecular complexity index is 211. The van der Waals surface area contributed by atoms with Gasteiger partial charge in [-0.05, 0) is 6.92 Å². The number of nitrogens with one attached hydrogen (secondary N) is 2. The second kappa shape index (κ2) is 2.95. The molecule has 0 atom stereocenters. The molecule has 0 aliphatic rings. The Balaban J connectivity index is 2.75. The average molecular weight is 138 g/mol. The van der Waals surface area contributed by atoms with Gasteiger partial charge in [-0.15, -0.1) is 0 Å². The van der Waals surface area contributed by atoms with Gasteiger partial charge in [-0.25, -0.2) is 4.98 Å². The summed E-state index contributed by atoms with van der Waals surface area (Å²) in [6, 6.07) is 0. The van der Waals surface area contributed by atoms with Gasteiger partial charge in [0, 0.05) is 6.54 Å². The number of hydrogen-bond donors (Lipinski definition) is 1. The van der Waals surface area contributed by atoms with Crippen LogP contribution in [0.15, 0.2) is 6.33 Å². The summed E-state index contributed by atoms with van der Waals surface area (Å²) in [7, 11) is 0. The quantitative estimate of drug-likeness (QED) is 0.634. The fraction of sp³-hybridized carbons (Fsp3) is 0.400. The van der Waals surface area contributed by atoms with Crippen LogP contribution < -0.4 is 11.1 Å². The molecule has 5 heteroatoms. The first-order chi connectivity index (χ1) is 4.83. The van der Waals surface area contributed by atoms with E-state index in [0.717, 1.165) is 6.54 Å². The summed E-state index contributed by atoms with van der Waals surface area (Å²) in [5, 5.41) is 2.87. The van der Waals surface area contributed by atoms with Gasteiger partial charge in [0.05, 0.1) is 0 Å². The van der Waals surface area contributed by atoms with Gasteiger partial charge in [0.25, 0.3) is 0 Å². The normalized spacial score (nSPS) is 9.30. The lowest BCUT2D eigenvalue weighted by molar-refractivity contribution is 1.00. The lowest BCUT2D eigenvalue weighted by atomic mass is 10.7. The molecule has 0 unspecified atom stereocenters. The molecular formula is C5H8N5. The van der Waals surface area contributed by atoms with E-state index in [1.54, 1.807) is 0 Å². The van der Waals surface area contributed by atoms with Gasteiger partial charge in [0.2, 0.25) is 11.9 Å². The summed E-state index contributed by atoms with van der Waals surface area (Å²) >= 11 is 0. The highest BCUT2D eigenvalue weighted by atomic mass is 15.2. The van der Waals surface area contributed by atoms with Crippen LogP contribution in [0.2, 0.25) is 0 Å². The Hall–Kier alpha value is -1.39. The molecule has 1 aromatic heterocycles. The van der Waals surface area contributed by atoms with Crippen molar-refractivity contribution >= 4 is 11.9 Å². The zero-order valence-corrected chi connectivity index (χ0v) is 5.63. The van der Waals surface area contributed by atoms with Gasteiger partial charge in [-0.2, -0.15) is 9.97 Å². The summed E-state index contributed by atoms with van der Waals surface area (Å²) in [5.74, 6) is 0.452. The molecule has 53 valence electrons. The molecule has 0 aliphatic carbocycles. The Morgan fingerprint density at radius 1 is 1.60 bits per heavy atom. The van der Waals surface area contributed by atoms with Gasteiger partial charge in [0.1, 0.15) is 6.33 Å². The minimum absolute atomic E-state index is 0.00838. The second-order valence-electron chi connectivity index (χ2n) is 1.66. The molecule has 1 radical (unpaired) electrons. The molecule has 0 spiro atoms. The van der Waals surface area contributed by atoms with E-state index < -0.39 is 0 Å². The van der Waals surface area contributed by atoms with Crippen LogP contribution in [0.3, 0.4) is 0 Å². The lowest BCUT2D eigenvalue weighted by Crippen LogP contribution is -2.02. The van der Waals surface area contributed by atoms with Crippen LogP contribution in [0.1, 0.15) is 6.92 Å². The Morgan fingerprint density at radius 3 is 3.00 bits per heavy atom. The molecule has 1 rings (SSSR count). The van der Waals surface area contributed by atoms with E-state index in [0.29, 0.717) is 5.95 Å². The van der Waals surface area contributed by atoms with E-state index in [1.807, 2.05) is 6.92 Å². The van der Waals surface area contributed by atoms with E-state index in [2.05, 4.69) is 20.3 Å². The van der Waals surface area contributed by atoms with Crippen molar-refractivity contribution in [1.29, 1.82) is 0 Å². The highest BCUT2D eigenvalue weighted by molar-refractivity contribution is 5.26. The van der Waals surface area contributed by atoms with Crippen molar-refractivity contribution in [2.24, 2.45) is 0 Å². The van der Waals surface area contributed by atoms with E-state index in [9.17, 15) is 0 Å². The first-order valence-electron chi connectivity index (χ1n) is 2.97. The van der Waals surface area contributed by atoms with Crippen LogP contribution in [0.5, 0.6) is 0 Å². The molecule has 2 N–H and O–H groups in total. The van der Waals surface area contributed by atoms with Crippen molar-refractivity contribution in [1.82, 2.24) is 20.7 Å². The number of nitrogens with zero attached hydrogens (tertiary/aromatic N) is 3. The third-order valence-corrected chi connectivity index (χ3v) is 0.907. The van der Waals surface area contributed by atoms with Crippen molar-refractivity contribution in [2.75, 3.05) is 11.9 Å². The van der Waals surface area contributed by atoms with Crippen molar-refractivity contribution in [3.8, 4) is 0 Å². The summed E-state index contributed by atoms with van der Waals surface area (Å²) in [6.07, 6.45) is 1.31. The number of rotatable bonds is 2. The minimum Gasteiger partial charge on any atom is -0.354 e. The van der Waals surface area contributed by atoms with E-state index in [-0.39, 0.29) is 5.95 Å². The van der Waals surface area contributed by atoms with Crippen molar-refractivity contribution in [3.05, 3.63) is 6.33 Å². The summed E-state index contributed by atoms with van der Waals surface area (Å²) < 4.78 is 0. The molecule has 0 aliphatic heterocycles. The lowest BCUT2D eigenvalue weighted by Gasteiger charge is -1.97. The molecule has 0 bridgehead atoms. The molecule has 0 saturated heterocycles. The zero-order valence-electron chi connectivity index (χ0n) is 5.63. The van der Waals surface area contributed by atoms with E-state index in [4.69, 9.17) is 5.73 Å². The number of aromatic nitrogens is 3. The second-order valence-corrected chi connectivity index (χ2v) is 1.66. The third kappa shape index (κ3) is 1.54. The molecule has 10 heavy (non-hydrogen) atoms. The van der Waals surface area contributed by atoms with Gasteiger partial charge in [0.15, 0.2) is 0 Å². The standard InChI is InChI=1S/C5H8N5/c1-2-7-5-9-3-8-4(6)10-5/h3,6H,2H2,1H3,(H,7,8,9,10). The molecular weight excluding hydrogens is 130 g/mol. The molecule has 0 saturated carbocycles. The van der Waals surface area contributed by atoms with Crippen molar-refractivity contribution < 1.29 is 0 Å². The predicted molar refractivity (Wildman–Crippen MR) is 36.7 cm³/mol. The highest BCUT2D eigenvalue weighted by Gasteiger charge is 1.92. The summed E-state index contributed by atoms with van der Waals surface area (Å²) in [6.45, 7) is 2.69. The Kier molecular flexibility index (Phi) is 1.99. The van der Waals surface area contributed by atoms with Gasteiger partial charge in [-0.3, -0.25) is 5.73 Å². The van der Waals surface area contributed by atoms with Crippen LogP contribution in [-0.4, -0.2) is 21.5 Å². The average Bonchev–Trinajstić information content (AvgIpc) is 1.88. The van der Waals surface area contributed by atoms with Crippen molar-refractivity contribution in [3.63, 3.8) is 0 Å². The number of anilines is 1. The van der Waals surface area contributed by atoms with Gasteiger partial charge >= 0.3 is 0 Å². The van der Waals surface area contributed by atoms with Crippen LogP contribution in [0.4, 0.5) is 11.9 Å². The summed E-state index contributed by atoms with van der Waals surface area (Å²) in [4.78, 5) is 11.0. The molecule has 1 aromatic rings. The fourth-order valence-electron chi connectivity index (χ4n) is 0.540. The maximum atomic E-state index is 7.01. The minimum atomic E-state index is -0.00838. The first kappa shape index (κ1) is 6.73. The SMILES string of the molecule is CCNc1ncnc([NH])n1. The molecule has 5 nitrogen and oxygen atoms in total. The molecule has 0 amide bonds. The largest absolute Gasteiger partial charge is 0.354 e. The Morgan fingerprint density at radius 2 is 2.40 bits per heavy atom. The van der Waals surface area contributed by atoms with Crippen molar-refractivity contribution in [2.45, 2.75) is 6.92 Å².